The van der Waals surface area contributed by atoms with Gasteiger partial charge in [-0.25, -0.2) is 0 Å². The molecule has 1 aromatic rings. The van der Waals surface area contributed by atoms with Crippen LogP contribution in [0.3, 0.4) is 0 Å². The Bertz CT molecular complexity index is 1210. The van der Waals surface area contributed by atoms with E-state index in [0.717, 1.165) is 24.1 Å². The minimum Gasteiger partial charge on any atom is -0.461 e. The Balaban J connectivity index is 1.25. The lowest BCUT2D eigenvalue weighted by molar-refractivity contribution is -0.205. The first-order valence-electron chi connectivity index (χ1n) is 15.7. The molecule has 3 N–H and O–H groups in total. The van der Waals surface area contributed by atoms with Crippen LogP contribution in [0.4, 0.5) is 0 Å². The number of aliphatic hydroxyl groups excluding tert-OH is 1. The molecule has 0 spiro atoms. The molecule has 1 saturated heterocycles. The second-order valence-electron chi connectivity index (χ2n) is 13.8. The number of ether oxygens (including phenoxy) is 2. The fourth-order valence-electron chi connectivity index (χ4n) is 8.77. The van der Waals surface area contributed by atoms with Crippen LogP contribution in [-0.4, -0.2) is 77.2 Å². The zero-order valence-corrected chi connectivity index (χ0v) is 27.6. The monoisotopic (exact) mass is 632 g/mol. The molecule has 0 aromatic carbocycles. The van der Waals surface area contributed by atoms with Crippen LogP contribution in [0.25, 0.3) is 0 Å². The van der Waals surface area contributed by atoms with Gasteiger partial charge < -0.3 is 25.2 Å². The fraction of sp³-hybridized carbons (Fsp3) is 0.727. The number of ketones is 1. The van der Waals surface area contributed by atoms with E-state index in [-0.39, 0.29) is 52.7 Å². The normalized spacial score (nSPS) is 40.2. The smallest absolute Gasteiger partial charge is 0.316 e. The minimum atomic E-state index is -0.686. The highest BCUT2D eigenvalue weighted by Gasteiger charge is 2.68. The standard InChI is InChI=1S/C33H48N2O6S2/c1-6-31(4)16-25(32(5)20(2)9-11-33(21(3)29(31)38)12-10-23(36)28(32)33)41-26(37)19-42-18-22-17-35(13-14-40-22)30(39)27(34)24-8-7-15-43-24/h6-8,15,20-22,25,27-29,38H,1,9-14,16-19,34H2,2-5H3/t20?,21-,22?,25+,27-,28?,29-,31+,32-,33-/m0/s1. The Morgan fingerprint density at radius 3 is 2.81 bits per heavy atom. The summed E-state index contributed by atoms with van der Waals surface area (Å²) in [4.78, 5) is 42.6. The van der Waals surface area contributed by atoms with Gasteiger partial charge >= 0.3 is 5.97 Å². The molecule has 3 aliphatic carbocycles. The summed E-state index contributed by atoms with van der Waals surface area (Å²) >= 11 is 2.90. The van der Waals surface area contributed by atoms with Gasteiger partial charge in [-0.15, -0.1) is 29.7 Å². The molecule has 43 heavy (non-hydrogen) atoms. The van der Waals surface area contributed by atoms with Crippen molar-refractivity contribution in [3.8, 4) is 0 Å². The molecular weight excluding hydrogens is 585 g/mol. The molecule has 2 bridgehead atoms. The van der Waals surface area contributed by atoms with Crippen molar-refractivity contribution in [3.05, 3.63) is 35.0 Å². The van der Waals surface area contributed by atoms with Crippen molar-refractivity contribution < 1.29 is 29.0 Å². The molecule has 8 nitrogen and oxygen atoms in total. The third-order valence-electron chi connectivity index (χ3n) is 11.7. The van der Waals surface area contributed by atoms with Crippen LogP contribution >= 0.6 is 23.1 Å². The molecule has 2 heterocycles. The number of amides is 1. The van der Waals surface area contributed by atoms with Crippen LogP contribution < -0.4 is 5.73 Å². The van der Waals surface area contributed by atoms with Gasteiger partial charge in [0.25, 0.3) is 0 Å². The zero-order valence-electron chi connectivity index (χ0n) is 26.0. The van der Waals surface area contributed by atoms with Crippen molar-refractivity contribution in [2.75, 3.05) is 31.2 Å². The second-order valence-corrected chi connectivity index (χ2v) is 15.9. The van der Waals surface area contributed by atoms with E-state index in [2.05, 4.69) is 27.4 Å². The maximum absolute atomic E-state index is 13.6. The molecule has 3 unspecified atom stereocenters. The van der Waals surface area contributed by atoms with Gasteiger partial charge in [0.2, 0.25) is 5.91 Å². The summed E-state index contributed by atoms with van der Waals surface area (Å²) in [5.74, 6) is 0.363. The summed E-state index contributed by atoms with van der Waals surface area (Å²) in [6, 6.07) is 3.08. The zero-order chi connectivity index (χ0) is 31.2. The van der Waals surface area contributed by atoms with Gasteiger partial charge in [-0.1, -0.05) is 39.8 Å². The minimum absolute atomic E-state index is 0.0622. The van der Waals surface area contributed by atoms with Crippen LogP contribution in [0.2, 0.25) is 0 Å². The van der Waals surface area contributed by atoms with Crippen molar-refractivity contribution in [2.24, 2.45) is 39.7 Å². The van der Waals surface area contributed by atoms with Gasteiger partial charge in [-0.2, -0.15) is 0 Å². The van der Waals surface area contributed by atoms with Gasteiger partial charge in [0.15, 0.2) is 0 Å². The molecule has 10 heteroatoms. The first-order valence-corrected chi connectivity index (χ1v) is 17.7. The number of esters is 1. The Hall–Kier alpha value is -1.72. The maximum atomic E-state index is 13.6. The van der Waals surface area contributed by atoms with Gasteiger partial charge in [0.1, 0.15) is 17.9 Å². The van der Waals surface area contributed by atoms with E-state index in [9.17, 15) is 19.5 Å². The van der Waals surface area contributed by atoms with Gasteiger partial charge in [0.05, 0.1) is 24.6 Å². The summed E-state index contributed by atoms with van der Waals surface area (Å²) in [7, 11) is 0. The van der Waals surface area contributed by atoms with E-state index >= 15 is 0 Å². The average Bonchev–Trinajstić information content (AvgIpc) is 3.66. The fourth-order valence-corrected chi connectivity index (χ4v) is 10.3. The number of nitrogens with two attached hydrogens (primary N) is 1. The summed E-state index contributed by atoms with van der Waals surface area (Å²) in [5, 5.41) is 13.6. The second kappa shape index (κ2) is 12.6. The molecule has 1 amide bonds. The van der Waals surface area contributed by atoms with E-state index in [1.54, 1.807) is 4.90 Å². The number of hydrogen-bond acceptors (Lipinski definition) is 9. The molecule has 238 valence electrons. The molecule has 0 radical (unpaired) electrons. The Labute approximate surface area is 264 Å². The quantitative estimate of drug-likeness (QED) is 0.315. The highest BCUT2D eigenvalue weighted by Crippen LogP contribution is 2.68. The van der Waals surface area contributed by atoms with E-state index in [0.29, 0.717) is 38.3 Å². The number of nitrogens with zero attached hydrogens (tertiary/aromatic N) is 1. The van der Waals surface area contributed by atoms with E-state index in [4.69, 9.17) is 15.2 Å². The third kappa shape index (κ3) is 5.75. The molecule has 5 rings (SSSR count). The van der Waals surface area contributed by atoms with Crippen LogP contribution in [0.15, 0.2) is 30.2 Å². The van der Waals surface area contributed by atoms with Crippen molar-refractivity contribution in [1.82, 2.24) is 4.90 Å². The van der Waals surface area contributed by atoms with E-state index in [1.165, 1.54) is 23.1 Å². The lowest BCUT2D eigenvalue weighted by Crippen LogP contribution is -2.63. The van der Waals surface area contributed by atoms with E-state index in [1.807, 2.05) is 30.5 Å². The average molecular weight is 633 g/mol. The van der Waals surface area contributed by atoms with Crippen molar-refractivity contribution in [3.63, 3.8) is 0 Å². The largest absolute Gasteiger partial charge is 0.461 e. The van der Waals surface area contributed by atoms with Crippen LogP contribution in [-0.2, 0) is 23.9 Å². The molecule has 3 saturated carbocycles. The van der Waals surface area contributed by atoms with Crippen molar-refractivity contribution in [1.29, 1.82) is 0 Å². The van der Waals surface area contributed by atoms with Gasteiger partial charge in [-0.05, 0) is 54.4 Å². The molecule has 4 fully saturated rings. The number of aliphatic hydroxyl groups is 1. The van der Waals surface area contributed by atoms with Gasteiger partial charge in [0, 0.05) is 46.9 Å². The summed E-state index contributed by atoms with van der Waals surface area (Å²) in [6.45, 7) is 13.9. The number of hydrogen-bond donors (Lipinski definition) is 2. The van der Waals surface area contributed by atoms with Crippen LogP contribution in [0.5, 0.6) is 0 Å². The highest BCUT2D eigenvalue weighted by atomic mass is 32.2. The molecule has 4 aliphatic rings. The van der Waals surface area contributed by atoms with E-state index < -0.39 is 29.1 Å². The van der Waals surface area contributed by atoms with Crippen LogP contribution in [0.1, 0.15) is 70.7 Å². The summed E-state index contributed by atoms with van der Waals surface area (Å²) < 4.78 is 12.3. The topological polar surface area (TPSA) is 119 Å². The van der Waals surface area contributed by atoms with Gasteiger partial charge in [-0.3, -0.25) is 14.4 Å². The first-order chi connectivity index (χ1) is 20.4. The lowest BCUT2D eigenvalue weighted by atomic mass is 9.44. The predicted molar refractivity (Wildman–Crippen MR) is 170 cm³/mol. The molecule has 1 aliphatic heterocycles. The first kappa shape index (κ1) is 32.7. The third-order valence-corrected chi connectivity index (χ3v) is 13.7. The highest BCUT2D eigenvalue weighted by molar-refractivity contribution is 7.99. The predicted octanol–water partition coefficient (Wildman–Crippen LogP) is 4.62. The Morgan fingerprint density at radius 2 is 2.12 bits per heavy atom. The number of morpholine rings is 1. The summed E-state index contributed by atoms with van der Waals surface area (Å²) in [5.41, 5.74) is 4.74. The maximum Gasteiger partial charge on any atom is 0.316 e. The lowest BCUT2D eigenvalue weighted by Gasteiger charge is -2.61. The number of thiophene rings is 1. The Kier molecular flexibility index (Phi) is 9.56. The Morgan fingerprint density at radius 1 is 1.35 bits per heavy atom. The van der Waals surface area contributed by atoms with Crippen molar-refractivity contribution >= 4 is 40.8 Å². The molecule has 10 atom stereocenters. The molecule has 1 aromatic heterocycles. The number of Topliss-reactive ketones (excluding diaryl/α,β-unsaturated/α-hetero) is 1. The van der Waals surface area contributed by atoms with Crippen LogP contribution in [0, 0.1) is 34.0 Å². The number of carbonyl (C=O) groups excluding carboxylic acids is 3. The van der Waals surface area contributed by atoms with Crippen molar-refractivity contribution in [2.45, 2.75) is 84.2 Å². The summed E-state index contributed by atoms with van der Waals surface area (Å²) in [6.07, 6.45) is 3.96. The number of rotatable bonds is 8. The number of carbonyl (C=O) groups is 3. The SMILES string of the molecule is C=C[C@]1(C)C[C@@H](OC(=O)CSCC2CN(C(=O)[C@@H](N)c3cccs3)CCO2)[C@]2(C)C(C)CC[C@]3(CCC(=O)C32)[C@@H](C)[C@@H]1O. The number of thioether (sulfide) groups is 1. The molecular formula is C33H48N2O6S2.